The summed E-state index contributed by atoms with van der Waals surface area (Å²) in [6.07, 6.45) is 6.90. The van der Waals surface area contributed by atoms with E-state index in [0.717, 1.165) is 24.7 Å². The fourth-order valence-electron chi connectivity index (χ4n) is 3.89. The van der Waals surface area contributed by atoms with Gasteiger partial charge in [0, 0.05) is 25.2 Å². The highest BCUT2D eigenvalue weighted by atomic mass is 16.2. The van der Waals surface area contributed by atoms with E-state index in [9.17, 15) is 4.79 Å². The molecule has 2 saturated heterocycles. The highest BCUT2D eigenvalue weighted by molar-refractivity contribution is 5.88. The fourth-order valence-corrected chi connectivity index (χ4v) is 3.89. The molecule has 0 atom stereocenters. The van der Waals surface area contributed by atoms with Crippen LogP contribution in [-0.2, 0) is 4.79 Å². The first-order valence-corrected chi connectivity index (χ1v) is 9.36. The molecule has 0 saturated carbocycles. The number of amides is 1. The van der Waals surface area contributed by atoms with Gasteiger partial charge in [0.25, 0.3) is 0 Å². The van der Waals surface area contributed by atoms with Gasteiger partial charge in [0.15, 0.2) is 0 Å². The van der Waals surface area contributed by atoms with Crippen molar-refractivity contribution in [3.63, 3.8) is 0 Å². The lowest BCUT2D eigenvalue weighted by Crippen LogP contribution is -2.48. The molecular weight excluding hydrogens is 286 g/mol. The van der Waals surface area contributed by atoms with Crippen LogP contribution in [0, 0.1) is 5.92 Å². The number of piperidine rings is 2. The van der Waals surface area contributed by atoms with Gasteiger partial charge in [-0.3, -0.25) is 4.79 Å². The van der Waals surface area contributed by atoms with Crippen LogP contribution in [0.15, 0.2) is 11.6 Å². The van der Waals surface area contributed by atoms with Crippen molar-refractivity contribution < 1.29 is 4.79 Å². The molecule has 2 aliphatic heterocycles. The Morgan fingerprint density at radius 1 is 1.09 bits per heavy atom. The maximum absolute atomic E-state index is 12.2. The van der Waals surface area contributed by atoms with E-state index in [1.165, 1.54) is 51.9 Å². The molecule has 2 fully saturated rings. The number of hydrogen-bond acceptors (Lipinski definition) is 3. The topological polar surface area (TPSA) is 26.8 Å². The van der Waals surface area contributed by atoms with E-state index in [1.54, 1.807) is 6.08 Å². The van der Waals surface area contributed by atoms with Gasteiger partial charge in [-0.1, -0.05) is 5.57 Å². The molecule has 0 radical (unpaired) electrons. The van der Waals surface area contributed by atoms with Gasteiger partial charge in [0.05, 0.1) is 0 Å². The minimum Gasteiger partial charge on any atom is -0.339 e. The van der Waals surface area contributed by atoms with Crippen molar-refractivity contribution in [1.29, 1.82) is 0 Å². The molecule has 2 heterocycles. The zero-order chi connectivity index (χ0) is 16.8. The Balaban J connectivity index is 1.77. The van der Waals surface area contributed by atoms with Crippen LogP contribution in [-0.4, -0.2) is 73.0 Å². The van der Waals surface area contributed by atoms with Crippen LogP contribution in [0.25, 0.3) is 0 Å². The fraction of sp³-hybridized carbons (Fsp3) is 0.842. The third-order valence-electron chi connectivity index (χ3n) is 5.44. The van der Waals surface area contributed by atoms with Crippen molar-refractivity contribution in [2.45, 2.75) is 52.5 Å². The van der Waals surface area contributed by atoms with Crippen LogP contribution in [0.2, 0.25) is 0 Å². The van der Waals surface area contributed by atoms with E-state index in [1.807, 2.05) is 18.7 Å². The summed E-state index contributed by atoms with van der Waals surface area (Å²) in [5.41, 5.74) is 1.09. The Bertz CT molecular complexity index is 401. The normalized spacial score (nSPS) is 22.1. The van der Waals surface area contributed by atoms with Crippen LogP contribution < -0.4 is 0 Å². The number of carbonyl (C=O) groups is 1. The van der Waals surface area contributed by atoms with E-state index in [2.05, 4.69) is 23.8 Å². The van der Waals surface area contributed by atoms with Crippen LogP contribution in [0.4, 0.5) is 0 Å². The molecule has 132 valence electrons. The second kappa shape index (κ2) is 8.84. The van der Waals surface area contributed by atoms with E-state index in [0.29, 0.717) is 5.92 Å². The molecule has 2 aliphatic rings. The Morgan fingerprint density at radius 2 is 1.70 bits per heavy atom. The maximum Gasteiger partial charge on any atom is 0.246 e. The Morgan fingerprint density at radius 3 is 2.22 bits per heavy atom. The van der Waals surface area contributed by atoms with Crippen molar-refractivity contribution in [2.75, 3.05) is 46.3 Å². The van der Waals surface area contributed by atoms with E-state index in [-0.39, 0.29) is 5.91 Å². The summed E-state index contributed by atoms with van der Waals surface area (Å²) in [6, 6.07) is 0.793. The molecule has 4 heteroatoms. The molecule has 1 amide bonds. The molecule has 0 unspecified atom stereocenters. The second-order valence-electron chi connectivity index (χ2n) is 7.61. The summed E-state index contributed by atoms with van der Waals surface area (Å²) in [4.78, 5) is 19.4. The maximum atomic E-state index is 12.2. The van der Waals surface area contributed by atoms with Crippen molar-refractivity contribution in [3.05, 3.63) is 11.6 Å². The van der Waals surface area contributed by atoms with Gasteiger partial charge in [-0.25, -0.2) is 0 Å². The standard InChI is InChI=1S/C19H35N3O/c1-5-21(19(23)14-16(2)3)15-17-6-12-22(13-7-17)18-8-10-20(4)11-9-18/h14,17-18H,5-13,15H2,1-4H3. The third-order valence-corrected chi connectivity index (χ3v) is 5.44. The summed E-state index contributed by atoms with van der Waals surface area (Å²) in [6.45, 7) is 12.7. The van der Waals surface area contributed by atoms with Crippen molar-refractivity contribution in [2.24, 2.45) is 5.92 Å². The van der Waals surface area contributed by atoms with Crippen molar-refractivity contribution in [3.8, 4) is 0 Å². The third kappa shape index (κ3) is 5.61. The Hall–Kier alpha value is -0.870. The monoisotopic (exact) mass is 321 g/mol. The lowest BCUT2D eigenvalue weighted by Gasteiger charge is -2.41. The van der Waals surface area contributed by atoms with Gasteiger partial charge >= 0.3 is 0 Å². The van der Waals surface area contributed by atoms with Crippen molar-refractivity contribution in [1.82, 2.24) is 14.7 Å². The second-order valence-corrected chi connectivity index (χ2v) is 7.61. The number of allylic oxidation sites excluding steroid dienone is 1. The Kier molecular flexibility index (Phi) is 7.09. The largest absolute Gasteiger partial charge is 0.339 e. The molecule has 0 aliphatic carbocycles. The number of nitrogens with zero attached hydrogens (tertiary/aromatic N) is 3. The van der Waals surface area contributed by atoms with Gasteiger partial charge in [0.2, 0.25) is 5.91 Å². The van der Waals surface area contributed by atoms with Gasteiger partial charge < -0.3 is 14.7 Å². The molecule has 0 aromatic rings. The number of likely N-dealkylation sites (N-methyl/N-ethyl adjacent to an activating group) is 1. The number of hydrogen-bond donors (Lipinski definition) is 0. The highest BCUT2D eigenvalue weighted by Gasteiger charge is 2.28. The minimum atomic E-state index is 0.185. The van der Waals surface area contributed by atoms with Gasteiger partial charge in [-0.15, -0.1) is 0 Å². The molecule has 23 heavy (non-hydrogen) atoms. The van der Waals surface area contributed by atoms with E-state index < -0.39 is 0 Å². The molecule has 0 aromatic heterocycles. The van der Waals surface area contributed by atoms with Crippen LogP contribution >= 0.6 is 0 Å². The minimum absolute atomic E-state index is 0.185. The zero-order valence-electron chi connectivity index (χ0n) is 15.6. The smallest absolute Gasteiger partial charge is 0.246 e. The first kappa shape index (κ1) is 18.5. The molecule has 4 nitrogen and oxygen atoms in total. The lowest BCUT2D eigenvalue weighted by molar-refractivity contribution is -0.126. The number of carbonyl (C=O) groups excluding carboxylic acids is 1. The van der Waals surface area contributed by atoms with Crippen LogP contribution in [0.1, 0.15) is 46.5 Å². The summed E-state index contributed by atoms with van der Waals surface area (Å²) < 4.78 is 0. The summed E-state index contributed by atoms with van der Waals surface area (Å²) in [5, 5.41) is 0. The van der Waals surface area contributed by atoms with Gasteiger partial charge in [0.1, 0.15) is 0 Å². The predicted molar refractivity (Wildman–Crippen MR) is 96.5 cm³/mol. The number of likely N-dealkylation sites (tertiary alicyclic amines) is 2. The SMILES string of the molecule is CCN(CC1CCN(C2CCN(C)CC2)CC1)C(=O)C=C(C)C. The Labute approximate surface area is 142 Å². The average Bonchev–Trinajstić information content (AvgIpc) is 2.53. The van der Waals surface area contributed by atoms with E-state index >= 15 is 0 Å². The summed E-state index contributed by atoms with van der Waals surface area (Å²) in [5.74, 6) is 0.859. The molecule has 0 bridgehead atoms. The van der Waals surface area contributed by atoms with Crippen LogP contribution in [0.5, 0.6) is 0 Å². The first-order chi connectivity index (χ1) is 11.0. The van der Waals surface area contributed by atoms with E-state index in [4.69, 9.17) is 0 Å². The predicted octanol–water partition coefficient (Wildman–Crippen LogP) is 2.61. The quantitative estimate of drug-likeness (QED) is 0.728. The molecule has 0 spiro atoms. The highest BCUT2D eigenvalue weighted by Crippen LogP contribution is 2.24. The van der Waals surface area contributed by atoms with Gasteiger partial charge in [-0.05, 0) is 85.6 Å². The lowest BCUT2D eigenvalue weighted by atomic mass is 9.93. The molecule has 2 rings (SSSR count). The summed E-state index contributed by atoms with van der Waals surface area (Å²) in [7, 11) is 2.23. The first-order valence-electron chi connectivity index (χ1n) is 9.36. The number of rotatable bonds is 5. The van der Waals surface area contributed by atoms with Crippen LogP contribution in [0.3, 0.4) is 0 Å². The van der Waals surface area contributed by atoms with Crippen molar-refractivity contribution >= 4 is 5.91 Å². The average molecular weight is 322 g/mol. The molecule has 0 aromatic carbocycles. The molecule has 0 N–H and O–H groups in total. The zero-order valence-corrected chi connectivity index (χ0v) is 15.6. The summed E-state index contributed by atoms with van der Waals surface area (Å²) >= 11 is 0. The van der Waals surface area contributed by atoms with Gasteiger partial charge in [-0.2, -0.15) is 0 Å². The molecular formula is C19H35N3O.